The smallest absolute Gasteiger partial charge is 0.314 e. The van der Waals surface area contributed by atoms with E-state index in [0.29, 0.717) is 32.1 Å². The SMILES string of the molecule is O=C(NCCN1CCOCC1)C(=O)Nc1c2c(nn1-c1ccccc1)CSC2. The van der Waals surface area contributed by atoms with E-state index in [4.69, 9.17) is 4.74 Å². The molecule has 148 valence electrons. The number of nitrogens with zero attached hydrogens (tertiary/aromatic N) is 3. The topological polar surface area (TPSA) is 88.5 Å². The van der Waals surface area contributed by atoms with Crippen LogP contribution >= 0.6 is 11.8 Å². The lowest BCUT2D eigenvalue weighted by Crippen LogP contribution is -2.43. The largest absolute Gasteiger partial charge is 0.379 e. The zero-order chi connectivity index (χ0) is 19.3. The summed E-state index contributed by atoms with van der Waals surface area (Å²) in [6, 6.07) is 9.61. The van der Waals surface area contributed by atoms with Gasteiger partial charge in [0.05, 0.1) is 24.6 Å². The monoisotopic (exact) mass is 401 g/mol. The first kappa shape index (κ1) is 19.0. The molecule has 0 saturated carbocycles. The molecule has 1 fully saturated rings. The summed E-state index contributed by atoms with van der Waals surface area (Å²) < 4.78 is 7.02. The maximum absolute atomic E-state index is 12.5. The molecular formula is C19H23N5O3S. The van der Waals surface area contributed by atoms with Gasteiger partial charge in [0.1, 0.15) is 5.82 Å². The molecule has 1 saturated heterocycles. The third-order valence-corrected chi connectivity index (χ3v) is 5.78. The number of fused-ring (bicyclic) bond motifs is 1. The Kier molecular flexibility index (Phi) is 5.94. The van der Waals surface area contributed by atoms with Crippen LogP contribution in [0, 0.1) is 0 Å². The zero-order valence-electron chi connectivity index (χ0n) is 15.5. The molecule has 0 unspecified atom stereocenters. The van der Waals surface area contributed by atoms with Crippen LogP contribution in [0.4, 0.5) is 5.82 Å². The van der Waals surface area contributed by atoms with Crippen molar-refractivity contribution in [3.63, 3.8) is 0 Å². The van der Waals surface area contributed by atoms with Crippen molar-refractivity contribution in [3.05, 3.63) is 41.6 Å². The van der Waals surface area contributed by atoms with E-state index in [2.05, 4.69) is 20.6 Å². The Balaban J connectivity index is 1.40. The number of morpholine rings is 1. The van der Waals surface area contributed by atoms with E-state index in [9.17, 15) is 9.59 Å². The Morgan fingerprint density at radius 3 is 2.68 bits per heavy atom. The first-order valence-corrected chi connectivity index (χ1v) is 10.5. The quantitative estimate of drug-likeness (QED) is 0.727. The predicted molar refractivity (Wildman–Crippen MR) is 107 cm³/mol. The number of aromatic nitrogens is 2. The molecule has 0 spiro atoms. The summed E-state index contributed by atoms with van der Waals surface area (Å²) in [5, 5.41) is 10.1. The van der Waals surface area contributed by atoms with Crippen molar-refractivity contribution in [2.24, 2.45) is 0 Å². The van der Waals surface area contributed by atoms with E-state index in [0.717, 1.165) is 41.5 Å². The highest BCUT2D eigenvalue weighted by molar-refractivity contribution is 7.98. The van der Waals surface area contributed by atoms with Crippen LogP contribution in [0.3, 0.4) is 0 Å². The van der Waals surface area contributed by atoms with Gasteiger partial charge in [-0.15, -0.1) is 0 Å². The molecule has 8 nitrogen and oxygen atoms in total. The lowest BCUT2D eigenvalue weighted by Gasteiger charge is -2.26. The third-order valence-electron chi connectivity index (χ3n) is 4.81. The molecule has 2 aromatic rings. The highest BCUT2D eigenvalue weighted by Gasteiger charge is 2.26. The summed E-state index contributed by atoms with van der Waals surface area (Å²) >= 11 is 1.75. The van der Waals surface area contributed by atoms with E-state index < -0.39 is 11.8 Å². The van der Waals surface area contributed by atoms with Crippen LogP contribution in [-0.2, 0) is 25.8 Å². The summed E-state index contributed by atoms with van der Waals surface area (Å²) in [6.07, 6.45) is 0. The van der Waals surface area contributed by atoms with Gasteiger partial charge in [0, 0.05) is 43.2 Å². The molecule has 0 bridgehead atoms. The van der Waals surface area contributed by atoms with Gasteiger partial charge in [0.25, 0.3) is 0 Å². The molecule has 1 aromatic heterocycles. The lowest BCUT2D eigenvalue weighted by atomic mass is 10.2. The normalized spacial score (nSPS) is 16.6. The van der Waals surface area contributed by atoms with Gasteiger partial charge in [-0.1, -0.05) is 18.2 Å². The average Bonchev–Trinajstić information content (AvgIpc) is 3.32. The second-order valence-electron chi connectivity index (χ2n) is 6.68. The number of anilines is 1. The van der Waals surface area contributed by atoms with Gasteiger partial charge in [-0.3, -0.25) is 14.5 Å². The first-order valence-electron chi connectivity index (χ1n) is 9.35. The zero-order valence-corrected chi connectivity index (χ0v) is 16.3. The van der Waals surface area contributed by atoms with E-state index in [1.807, 2.05) is 30.3 Å². The van der Waals surface area contributed by atoms with Crippen molar-refractivity contribution < 1.29 is 14.3 Å². The molecule has 0 aliphatic carbocycles. The van der Waals surface area contributed by atoms with Crippen molar-refractivity contribution in [2.45, 2.75) is 11.5 Å². The minimum absolute atomic E-state index is 0.429. The molecule has 2 N–H and O–H groups in total. The third kappa shape index (κ3) is 4.21. The molecule has 4 rings (SSSR count). The molecule has 1 aromatic carbocycles. The van der Waals surface area contributed by atoms with Crippen molar-refractivity contribution in [1.82, 2.24) is 20.0 Å². The number of para-hydroxylation sites is 1. The van der Waals surface area contributed by atoms with Gasteiger partial charge < -0.3 is 15.4 Å². The summed E-state index contributed by atoms with van der Waals surface area (Å²) in [6.45, 7) is 4.25. The van der Waals surface area contributed by atoms with Gasteiger partial charge in [0.2, 0.25) is 0 Å². The number of hydrogen-bond donors (Lipinski definition) is 2. The van der Waals surface area contributed by atoms with Gasteiger partial charge in [-0.2, -0.15) is 16.9 Å². The summed E-state index contributed by atoms with van der Waals surface area (Å²) in [7, 11) is 0. The maximum Gasteiger partial charge on any atom is 0.314 e. The van der Waals surface area contributed by atoms with Crippen molar-refractivity contribution >= 4 is 29.4 Å². The Bertz CT molecular complexity index is 849. The molecule has 3 heterocycles. The maximum atomic E-state index is 12.5. The van der Waals surface area contributed by atoms with Crippen molar-refractivity contribution in [3.8, 4) is 5.69 Å². The van der Waals surface area contributed by atoms with Crippen LogP contribution in [0.2, 0.25) is 0 Å². The molecule has 0 radical (unpaired) electrons. The van der Waals surface area contributed by atoms with Gasteiger partial charge in [-0.25, -0.2) is 4.68 Å². The molecule has 2 amide bonds. The number of carbonyl (C=O) groups excluding carboxylic acids is 2. The van der Waals surface area contributed by atoms with E-state index in [1.165, 1.54) is 0 Å². The van der Waals surface area contributed by atoms with Crippen molar-refractivity contribution in [1.29, 1.82) is 0 Å². The average molecular weight is 401 g/mol. The number of ether oxygens (including phenoxy) is 1. The van der Waals surface area contributed by atoms with Gasteiger partial charge >= 0.3 is 11.8 Å². The number of amides is 2. The van der Waals surface area contributed by atoms with E-state index >= 15 is 0 Å². The van der Waals surface area contributed by atoms with Crippen LogP contribution in [-0.4, -0.2) is 65.9 Å². The summed E-state index contributed by atoms with van der Waals surface area (Å²) in [5.74, 6) is 0.868. The minimum Gasteiger partial charge on any atom is -0.379 e. The lowest BCUT2D eigenvalue weighted by molar-refractivity contribution is -0.136. The van der Waals surface area contributed by atoms with Crippen LogP contribution in [0.1, 0.15) is 11.3 Å². The fourth-order valence-corrected chi connectivity index (χ4v) is 4.33. The van der Waals surface area contributed by atoms with Crippen LogP contribution in [0.15, 0.2) is 30.3 Å². The number of carbonyl (C=O) groups is 2. The second kappa shape index (κ2) is 8.76. The number of nitrogens with one attached hydrogen (secondary N) is 2. The first-order chi connectivity index (χ1) is 13.7. The summed E-state index contributed by atoms with van der Waals surface area (Å²) in [4.78, 5) is 26.9. The van der Waals surface area contributed by atoms with Gasteiger partial charge in [0.15, 0.2) is 0 Å². The van der Waals surface area contributed by atoms with Crippen LogP contribution < -0.4 is 10.6 Å². The fourth-order valence-electron chi connectivity index (χ4n) is 3.29. The Hall–Kier alpha value is -2.36. The number of thioether (sulfide) groups is 1. The molecule has 0 atom stereocenters. The Morgan fingerprint density at radius 2 is 1.89 bits per heavy atom. The van der Waals surface area contributed by atoms with Crippen LogP contribution in [0.25, 0.3) is 5.69 Å². The minimum atomic E-state index is -0.668. The highest BCUT2D eigenvalue weighted by atomic mass is 32.2. The van der Waals surface area contributed by atoms with Gasteiger partial charge in [-0.05, 0) is 12.1 Å². The molecular weight excluding hydrogens is 378 g/mol. The van der Waals surface area contributed by atoms with Crippen LogP contribution in [0.5, 0.6) is 0 Å². The summed E-state index contributed by atoms with van der Waals surface area (Å²) in [5.41, 5.74) is 2.80. The Labute approximate surface area is 167 Å². The number of rotatable bonds is 5. The van der Waals surface area contributed by atoms with E-state index in [-0.39, 0.29) is 0 Å². The second-order valence-corrected chi connectivity index (χ2v) is 7.66. The number of benzene rings is 1. The highest BCUT2D eigenvalue weighted by Crippen LogP contribution is 2.35. The Morgan fingerprint density at radius 1 is 1.11 bits per heavy atom. The predicted octanol–water partition coefficient (Wildman–Crippen LogP) is 1.01. The molecule has 2 aliphatic rings. The standard InChI is InChI=1S/C19H23N5O3S/c25-18(20-6-7-23-8-10-27-11-9-23)19(26)21-17-15-12-28-13-16(15)22-24(17)14-4-2-1-3-5-14/h1-5H,6-13H2,(H,20,25)(H,21,26). The fraction of sp³-hybridized carbons (Fsp3) is 0.421. The van der Waals surface area contributed by atoms with Crippen molar-refractivity contribution in [2.75, 3.05) is 44.7 Å². The van der Waals surface area contributed by atoms with E-state index in [1.54, 1.807) is 16.4 Å². The number of hydrogen-bond acceptors (Lipinski definition) is 6. The molecule has 2 aliphatic heterocycles. The molecule has 9 heteroatoms. The molecule has 28 heavy (non-hydrogen) atoms.